The molecule has 0 spiro atoms. The van der Waals surface area contributed by atoms with Gasteiger partial charge >= 0.3 is 0 Å². The first-order chi connectivity index (χ1) is 9.51. The Hall–Kier alpha value is -1.73. The molecule has 2 N–H and O–H groups in total. The zero-order valence-corrected chi connectivity index (χ0v) is 12.9. The first-order valence-electron chi connectivity index (χ1n) is 6.43. The van der Waals surface area contributed by atoms with E-state index in [2.05, 4.69) is 20.7 Å². The predicted octanol–water partition coefficient (Wildman–Crippen LogP) is 1.19. The highest BCUT2D eigenvalue weighted by Gasteiger charge is 2.17. The zero-order chi connectivity index (χ0) is 14.7. The van der Waals surface area contributed by atoms with Gasteiger partial charge in [0.05, 0.1) is 11.9 Å². The van der Waals surface area contributed by atoms with E-state index in [4.69, 9.17) is 0 Å². The molecule has 108 valence electrons. The van der Waals surface area contributed by atoms with E-state index in [0.29, 0.717) is 11.4 Å². The Morgan fingerprint density at radius 2 is 2.30 bits per heavy atom. The number of nitrogens with zero attached hydrogens (tertiary/aromatic N) is 3. The molecule has 0 aromatic carbocycles. The summed E-state index contributed by atoms with van der Waals surface area (Å²) < 4.78 is 1.72. The van der Waals surface area contributed by atoms with Gasteiger partial charge in [-0.3, -0.25) is 9.48 Å². The van der Waals surface area contributed by atoms with Gasteiger partial charge in [-0.05, 0) is 20.9 Å². The molecule has 1 amide bonds. The van der Waals surface area contributed by atoms with Gasteiger partial charge in [-0.2, -0.15) is 5.10 Å². The van der Waals surface area contributed by atoms with Crippen molar-refractivity contribution in [2.75, 3.05) is 13.6 Å². The summed E-state index contributed by atoms with van der Waals surface area (Å²) in [6.07, 6.45) is 3.64. The average Bonchev–Trinajstić information content (AvgIpc) is 3.01. The van der Waals surface area contributed by atoms with Crippen molar-refractivity contribution in [3.05, 3.63) is 23.0 Å². The minimum atomic E-state index is -0.0720. The summed E-state index contributed by atoms with van der Waals surface area (Å²) in [7, 11) is 3.73. The van der Waals surface area contributed by atoms with E-state index in [1.807, 2.05) is 34.1 Å². The lowest BCUT2D eigenvalue weighted by molar-refractivity contribution is 0.0954. The Balaban J connectivity index is 2.13. The van der Waals surface area contributed by atoms with Crippen molar-refractivity contribution in [2.24, 2.45) is 7.05 Å². The lowest BCUT2D eigenvalue weighted by Gasteiger charge is -2.10. The van der Waals surface area contributed by atoms with Gasteiger partial charge in [-0.15, -0.1) is 11.3 Å². The van der Waals surface area contributed by atoms with Crippen molar-refractivity contribution in [1.82, 2.24) is 25.4 Å². The van der Waals surface area contributed by atoms with Gasteiger partial charge in [-0.1, -0.05) is 0 Å². The first kappa shape index (κ1) is 14.7. The number of nitrogens with one attached hydrogen (secondary N) is 2. The van der Waals surface area contributed by atoms with Crippen LogP contribution in [0.15, 0.2) is 12.4 Å². The molecule has 1 atom stereocenters. The minimum absolute atomic E-state index is 0.0720. The van der Waals surface area contributed by atoms with Gasteiger partial charge in [0, 0.05) is 31.4 Å². The highest BCUT2D eigenvalue weighted by atomic mass is 32.1. The van der Waals surface area contributed by atoms with E-state index in [1.165, 1.54) is 11.3 Å². The number of aromatic nitrogens is 3. The Morgan fingerprint density at radius 3 is 2.90 bits per heavy atom. The van der Waals surface area contributed by atoms with Gasteiger partial charge in [-0.25, -0.2) is 4.98 Å². The van der Waals surface area contributed by atoms with Crippen molar-refractivity contribution in [2.45, 2.75) is 19.9 Å². The average molecular weight is 293 g/mol. The SMILES string of the molecule is CNC(C)CNC(=O)c1sc(-c2cnn(C)c2)nc1C. The number of carbonyl (C=O) groups is 1. The van der Waals surface area contributed by atoms with Crippen LogP contribution in [0, 0.1) is 6.92 Å². The Morgan fingerprint density at radius 1 is 1.55 bits per heavy atom. The number of aryl methyl sites for hydroxylation is 2. The molecule has 2 aromatic heterocycles. The molecule has 7 heteroatoms. The fourth-order valence-electron chi connectivity index (χ4n) is 1.69. The monoisotopic (exact) mass is 293 g/mol. The maximum absolute atomic E-state index is 12.1. The quantitative estimate of drug-likeness (QED) is 0.868. The minimum Gasteiger partial charge on any atom is -0.350 e. The predicted molar refractivity (Wildman–Crippen MR) is 79.9 cm³/mol. The maximum atomic E-state index is 12.1. The molecule has 2 heterocycles. The second-order valence-corrected chi connectivity index (χ2v) is 5.74. The summed E-state index contributed by atoms with van der Waals surface area (Å²) in [5.74, 6) is -0.0720. The lowest BCUT2D eigenvalue weighted by Crippen LogP contribution is -2.37. The second-order valence-electron chi connectivity index (χ2n) is 4.74. The van der Waals surface area contributed by atoms with Crippen molar-refractivity contribution >= 4 is 17.2 Å². The smallest absolute Gasteiger partial charge is 0.263 e. The molecule has 0 aliphatic rings. The van der Waals surface area contributed by atoms with Crippen molar-refractivity contribution < 1.29 is 4.79 Å². The molecule has 1 unspecified atom stereocenters. The van der Waals surface area contributed by atoms with Gasteiger partial charge in [0.2, 0.25) is 0 Å². The fraction of sp³-hybridized carbons (Fsp3) is 0.462. The van der Waals surface area contributed by atoms with Crippen LogP contribution in [-0.4, -0.2) is 40.3 Å². The molecule has 2 rings (SSSR count). The van der Waals surface area contributed by atoms with Crippen molar-refractivity contribution in [1.29, 1.82) is 0 Å². The van der Waals surface area contributed by atoms with Gasteiger partial charge in [0.25, 0.3) is 5.91 Å². The standard InChI is InChI=1S/C13H19N5OS/c1-8(14-3)5-15-12(19)11-9(2)17-13(20-11)10-6-16-18(4)7-10/h6-8,14H,5H2,1-4H3,(H,15,19). The molecular weight excluding hydrogens is 274 g/mol. The maximum Gasteiger partial charge on any atom is 0.263 e. The largest absolute Gasteiger partial charge is 0.350 e. The summed E-state index contributed by atoms with van der Waals surface area (Å²) in [5.41, 5.74) is 1.69. The topological polar surface area (TPSA) is 71.8 Å². The Kier molecular flexibility index (Phi) is 4.51. The molecule has 20 heavy (non-hydrogen) atoms. The molecular formula is C13H19N5OS. The van der Waals surface area contributed by atoms with Gasteiger partial charge in [0.15, 0.2) is 0 Å². The highest BCUT2D eigenvalue weighted by Crippen LogP contribution is 2.27. The molecule has 2 aromatic rings. The Bertz CT molecular complexity index is 604. The number of hydrogen-bond acceptors (Lipinski definition) is 5. The van der Waals surface area contributed by atoms with Gasteiger partial charge < -0.3 is 10.6 Å². The number of carbonyl (C=O) groups excluding carboxylic acids is 1. The van der Waals surface area contributed by atoms with Crippen molar-refractivity contribution in [3.8, 4) is 10.6 Å². The normalized spacial score (nSPS) is 12.4. The molecule has 0 aliphatic carbocycles. The summed E-state index contributed by atoms with van der Waals surface area (Å²) >= 11 is 1.40. The molecule has 0 bridgehead atoms. The molecule has 6 nitrogen and oxygen atoms in total. The van der Waals surface area contributed by atoms with E-state index >= 15 is 0 Å². The highest BCUT2D eigenvalue weighted by molar-refractivity contribution is 7.17. The van der Waals surface area contributed by atoms with Crippen LogP contribution in [0.5, 0.6) is 0 Å². The molecule has 0 fully saturated rings. The van der Waals surface area contributed by atoms with Crippen LogP contribution in [0.2, 0.25) is 0 Å². The van der Waals surface area contributed by atoms with E-state index in [-0.39, 0.29) is 11.9 Å². The number of hydrogen-bond donors (Lipinski definition) is 2. The van der Waals surface area contributed by atoms with Crippen LogP contribution in [0.4, 0.5) is 0 Å². The van der Waals surface area contributed by atoms with Crippen LogP contribution in [0.25, 0.3) is 10.6 Å². The molecule has 0 aliphatic heterocycles. The van der Waals surface area contributed by atoms with Crippen LogP contribution in [0.1, 0.15) is 22.3 Å². The van der Waals surface area contributed by atoms with Crippen LogP contribution < -0.4 is 10.6 Å². The summed E-state index contributed by atoms with van der Waals surface area (Å²) in [6.45, 7) is 4.46. The van der Waals surface area contributed by atoms with Crippen LogP contribution in [0.3, 0.4) is 0 Å². The second kappa shape index (κ2) is 6.15. The third-order valence-electron chi connectivity index (χ3n) is 3.02. The van der Waals surface area contributed by atoms with E-state index in [9.17, 15) is 4.79 Å². The van der Waals surface area contributed by atoms with Crippen molar-refractivity contribution in [3.63, 3.8) is 0 Å². The number of amides is 1. The summed E-state index contributed by atoms with van der Waals surface area (Å²) in [6, 6.07) is 0.241. The van der Waals surface area contributed by atoms with Crippen LogP contribution >= 0.6 is 11.3 Å². The first-order valence-corrected chi connectivity index (χ1v) is 7.24. The number of thiazole rings is 1. The fourth-order valence-corrected chi connectivity index (χ4v) is 2.65. The molecule has 0 radical (unpaired) electrons. The van der Waals surface area contributed by atoms with Crippen LogP contribution in [-0.2, 0) is 7.05 Å². The molecule has 0 saturated heterocycles. The number of likely N-dealkylation sites (N-methyl/N-ethyl adjacent to an activating group) is 1. The van der Waals surface area contributed by atoms with Gasteiger partial charge in [0.1, 0.15) is 9.88 Å². The van der Waals surface area contributed by atoms with E-state index in [0.717, 1.165) is 16.3 Å². The number of rotatable bonds is 5. The summed E-state index contributed by atoms with van der Waals surface area (Å²) in [5, 5.41) is 10.9. The summed E-state index contributed by atoms with van der Waals surface area (Å²) in [4.78, 5) is 17.3. The third-order valence-corrected chi connectivity index (χ3v) is 4.22. The Labute approximate surface area is 122 Å². The third kappa shape index (κ3) is 3.23. The zero-order valence-electron chi connectivity index (χ0n) is 12.1. The van der Waals surface area contributed by atoms with E-state index in [1.54, 1.807) is 10.9 Å². The van der Waals surface area contributed by atoms with E-state index < -0.39 is 0 Å². The molecule has 0 saturated carbocycles. The lowest BCUT2D eigenvalue weighted by atomic mass is 10.3.